The number of hydrogen-bond acceptors (Lipinski definition) is 4. The summed E-state index contributed by atoms with van der Waals surface area (Å²) in [6.45, 7) is 4.69. The van der Waals surface area contributed by atoms with Crippen molar-refractivity contribution in [2.45, 2.75) is 38.8 Å². The van der Waals surface area contributed by atoms with E-state index < -0.39 is 10.0 Å². The first kappa shape index (κ1) is 33.9. The molecule has 0 saturated heterocycles. The van der Waals surface area contributed by atoms with Crippen LogP contribution in [0, 0.1) is 0 Å². The quantitative estimate of drug-likeness (QED) is 0.162. The molecular formula is C53H39BN2OS2. The number of para-hydroxylation sites is 3. The summed E-state index contributed by atoms with van der Waals surface area (Å²) in [4.78, 5) is 10.7. The van der Waals surface area contributed by atoms with Gasteiger partial charge in [-0.15, -0.1) is 0 Å². The summed E-state index contributed by atoms with van der Waals surface area (Å²) in [5.41, 5.74) is 18.2. The molecule has 0 amide bonds. The van der Waals surface area contributed by atoms with Crippen molar-refractivity contribution in [3.05, 3.63) is 175 Å². The Morgan fingerprint density at radius 3 is 2.17 bits per heavy atom. The fourth-order valence-electron chi connectivity index (χ4n) is 10.7. The van der Waals surface area contributed by atoms with Gasteiger partial charge in [0.1, 0.15) is 5.58 Å². The van der Waals surface area contributed by atoms with Crippen LogP contribution in [0.25, 0.3) is 44.2 Å². The summed E-state index contributed by atoms with van der Waals surface area (Å²) < 4.78 is 7.10. The van der Waals surface area contributed by atoms with Crippen molar-refractivity contribution in [2.75, 3.05) is 22.2 Å². The lowest BCUT2D eigenvalue weighted by Gasteiger charge is -2.51. The van der Waals surface area contributed by atoms with Crippen LogP contribution in [0.1, 0.15) is 25.0 Å². The number of hydrogen-bond donors (Lipinski definition) is 0. The third-order valence-electron chi connectivity index (χ3n) is 13.5. The number of nitrogens with zero attached hydrogens (tertiary/aromatic N) is 2. The molecule has 4 aliphatic heterocycles. The lowest BCUT2D eigenvalue weighted by molar-refractivity contribution is 0.607. The van der Waals surface area contributed by atoms with Crippen LogP contribution in [0.3, 0.4) is 0 Å². The monoisotopic (exact) mass is 794 g/mol. The van der Waals surface area contributed by atoms with E-state index in [2.05, 4.69) is 200 Å². The van der Waals surface area contributed by atoms with Gasteiger partial charge in [0.15, 0.2) is 5.58 Å². The van der Waals surface area contributed by atoms with Gasteiger partial charge in [-0.2, -0.15) is 10.0 Å². The number of furan rings is 1. The SMILES string of the molecule is CC1(C)c2ccccc2Sc2cc3c(cc21)-c1cc2c(oc4ccccc42)c2c1B(c1cccc4c1N2c1ccccc1S4(C)C)N3c1ccc(-c2ccccc2)cc1. The lowest BCUT2D eigenvalue weighted by Crippen LogP contribution is -2.62. The zero-order valence-electron chi connectivity index (χ0n) is 33.3. The largest absolute Gasteiger partial charge is 0.454 e. The number of benzene rings is 8. The minimum Gasteiger partial charge on any atom is -0.454 e. The fourth-order valence-corrected chi connectivity index (χ4v) is 14.6. The average molecular weight is 795 g/mol. The van der Waals surface area contributed by atoms with E-state index in [1.165, 1.54) is 86.6 Å². The highest BCUT2D eigenvalue weighted by Gasteiger charge is 2.50. The first-order valence-electron chi connectivity index (χ1n) is 20.4. The number of fused-ring (bicyclic) bond motifs is 12. The van der Waals surface area contributed by atoms with Gasteiger partial charge in [0.05, 0.1) is 17.1 Å². The molecule has 0 bridgehead atoms. The zero-order valence-corrected chi connectivity index (χ0v) is 34.9. The van der Waals surface area contributed by atoms with Gasteiger partial charge >= 0.3 is 6.85 Å². The van der Waals surface area contributed by atoms with Crippen LogP contribution in [0.15, 0.2) is 188 Å². The standard InChI is InChI=1S/C53H39BN2OS2/c1-53(2)39-18-9-12-22-45(39)58-46-31-43-36(30-40(46)53)37-29-38-35-17-8-11-21-44(35)57-52(38)51-49(37)54(56(43)34-27-25-33(26-28-34)32-15-6-5-7-16-32)41-19-14-24-48-50(41)55(51)42-20-10-13-23-47(42)59(48,3)4/h5-31H,1-4H3. The number of rotatable bonds is 2. The first-order valence-corrected chi connectivity index (χ1v) is 23.7. The third kappa shape index (κ3) is 4.43. The summed E-state index contributed by atoms with van der Waals surface area (Å²) in [5, 5.41) is 2.31. The van der Waals surface area contributed by atoms with Crippen molar-refractivity contribution in [1.82, 2.24) is 0 Å². The molecule has 282 valence electrons. The molecule has 3 nitrogen and oxygen atoms in total. The molecule has 59 heavy (non-hydrogen) atoms. The second-order valence-electron chi connectivity index (χ2n) is 17.3. The molecule has 4 aliphatic rings. The normalized spacial score (nSPS) is 16.4. The lowest BCUT2D eigenvalue weighted by atomic mass is 9.43. The van der Waals surface area contributed by atoms with E-state index in [0.717, 1.165) is 27.6 Å². The molecule has 5 heterocycles. The van der Waals surface area contributed by atoms with Gasteiger partial charge in [-0.1, -0.05) is 129 Å². The smallest absolute Gasteiger partial charge is 0.333 e. The van der Waals surface area contributed by atoms with Crippen LogP contribution in [-0.4, -0.2) is 19.4 Å². The van der Waals surface area contributed by atoms with E-state index in [-0.39, 0.29) is 12.3 Å². The first-order chi connectivity index (χ1) is 28.8. The Bertz CT molecular complexity index is 3280. The molecule has 0 saturated carbocycles. The van der Waals surface area contributed by atoms with Crippen LogP contribution >= 0.6 is 21.8 Å². The highest BCUT2D eigenvalue weighted by molar-refractivity contribution is 8.33. The molecule has 0 atom stereocenters. The zero-order chi connectivity index (χ0) is 39.4. The molecule has 13 rings (SSSR count). The van der Waals surface area contributed by atoms with Gasteiger partial charge in [0.25, 0.3) is 0 Å². The Labute approximate surface area is 350 Å². The Balaban J connectivity index is 1.18. The van der Waals surface area contributed by atoms with Crippen molar-refractivity contribution in [3.63, 3.8) is 0 Å². The summed E-state index contributed by atoms with van der Waals surface area (Å²) in [6, 6.07) is 61.3. The molecule has 0 fully saturated rings. The maximum Gasteiger partial charge on any atom is 0.333 e. The Morgan fingerprint density at radius 1 is 0.576 bits per heavy atom. The highest BCUT2D eigenvalue weighted by atomic mass is 32.3. The summed E-state index contributed by atoms with van der Waals surface area (Å²) in [6.07, 6.45) is 4.95. The third-order valence-corrected chi connectivity index (χ3v) is 17.6. The van der Waals surface area contributed by atoms with E-state index >= 15 is 0 Å². The molecule has 0 N–H and O–H groups in total. The maximum atomic E-state index is 7.10. The molecule has 8 aromatic carbocycles. The van der Waals surface area contributed by atoms with E-state index in [9.17, 15) is 0 Å². The molecule has 9 aromatic rings. The van der Waals surface area contributed by atoms with Crippen molar-refractivity contribution in [1.29, 1.82) is 0 Å². The number of anilines is 5. The molecule has 0 unspecified atom stereocenters. The Hall–Kier alpha value is -6.08. The maximum absolute atomic E-state index is 7.10. The van der Waals surface area contributed by atoms with Crippen molar-refractivity contribution in [2.24, 2.45) is 0 Å². The van der Waals surface area contributed by atoms with E-state index in [1.54, 1.807) is 0 Å². The van der Waals surface area contributed by atoms with Crippen LogP contribution in [-0.2, 0) is 5.41 Å². The second kappa shape index (κ2) is 11.8. The fraction of sp³-hybridized carbons (Fsp3) is 0.0943. The van der Waals surface area contributed by atoms with Crippen molar-refractivity contribution in [3.8, 4) is 22.3 Å². The van der Waals surface area contributed by atoms with Gasteiger partial charge in [-0.3, -0.25) is 0 Å². The molecule has 1 aromatic heterocycles. The van der Waals surface area contributed by atoms with Gasteiger partial charge < -0.3 is 14.1 Å². The minimum absolute atomic E-state index is 0.105. The van der Waals surface area contributed by atoms with E-state index in [4.69, 9.17) is 4.42 Å². The van der Waals surface area contributed by atoms with Gasteiger partial charge in [-0.05, 0) is 112 Å². The molecule has 6 heteroatoms. The topological polar surface area (TPSA) is 19.6 Å². The predicted octanol–water partition coefficient (Wildman–Crippen LogP) is 13.5. The second-order valence-corrected chi connectivity index (χ2v) is 21.9. The van der Waals surface area contributed by atoms with Crippen LogP contribution in [0.5, 0.6) is 0 Å². The van der Waals surface area contributed by atoms with Crippen LogP contribution < -0.4 is 20.6 Å². The van der Waals surface area contributed by atoms with Gasteiger partial charge in [0.2, 0.25) is 0 Å². The Kier molecular flexibility index (Phi) is 6.76. The summed E-state index contributed by atoms with van der Waals surface area (Å²) >= 11 is 1.91. The molecule has 0 radical (unpaired) electrons. The summed E-state index contributed by atoms with van der Waals surface area (Å²) in [5.74, 6) is 0. The van der Waals surface area contributed by atoms with Crippen LogP contribution in [0.4, 0.5) is 28.4 Å². The predicted molar refractivity (Wildman–Crippen MR) is 252 cm³/mol. The van der Waals surface area contributed by atoms with Crippen molar-refractivity contribution < 1.29 is 4.42 Å². The summed E-state index contributed by atoms with van der Waals surface area (Å²) in [7, 11) is -1.36. The molecule has 0 spiro atoms. The van der Waals surface area contributed by atoms with E-state index in [0.29, 0.717) is 0 Å². The van der Waals surface area contributed by atoms with Crippen molar-refractivity contribution >= 4 is 89.9 Å². The minimum atomic E-state index is -1.36. The average Bonchev–Trinajstić information content (AvgIpc) is 3.64. The van der Waals surface area contributed by atoms with Gasteiger partial charge in [0, 0.05) is 52.7 Å². The van der Waals surface area contributed by atoms with E-state index in [1.807, 2.05) is 11.8 Å². The highest BCUT2D eigenvalue weighted by Crippen LogP contribution is 2.68. The molecule has 0 aliphatic carbocycles. The molecular weight excluding hydrogens is 756 g/mol. The van der Waals surface area contributed by atoms with Gasteiger partial charge in [-0.25, -0.2) is 0 Å². The Morgan fingerprint density at radius 2 is 1.31 bits per heavy atom. The van der Waals surface area contributed by atoms with Crippen LogP contribution in [0.2, 0.25) is 0 Å².